The van der Waals surface area contributed by atoms with Gasteiger partial charge in [-0.25, -0.2) is 9.78 Å². The summed E-state index contributed by atoms with van der Waals surface area (Å²) in [5, 5.41) is 33.6. The number of H-pyrrole nitrogens is 1. The van der Waals surface area contributed by atoms with Crippen LogP contribution in [0.5, 0.6) is 5.75 Å². The van der Waals surface area contributed by atoms with Gasteiger partial charge in [-0.15, -0.1) is 0 Å². The summed E-state index contributed by atoms with van der Waals surface area (Å²) in [6, 6.07) is 4.66. The lowest BCUT2D eigenvalue weighted by Crippen LogP contribution is -2.61. The van der Waals surface area contributed by atoms with Crippen molar-refractivity contribution in [1.29, 1.82) is 0 Å². The molecule has 2 saturated heterocycles. The predicted molar refractivity (Wildman–Crippen MR) is 272 cm³/mol. The second-order valence-electron chi connectivity index (χ2n) is 18.9. The highest BCUT2D eigenvalue weighted by molar-refractivity contribution is 5.98. The Balaban J connectivity index is 1.36. The van der Waals surface area contributed by atoms with Crippen molar-refractivity contribution in [3.8, 4) is 5.75 Å². The Labute approximate surface area is 433 Å². The van der Waals surface area contributed by atoms with E-state index in [2.05, 4.69) is 41.5 Å². The van der Waals surface area contributed by atoms with Gasteiger partial charge in [-0.05, 0) is 67.7 Å². The molecule has 2 aliphatic heterocycles. The number of phenols is 1. The number of aliphatic imine (C=N–C) groups is 1. The standard InChI is InChI=1S/C50H70N14O11/c1-3-28(2)41(46(71)60-36(24-31-26-55-27-57-31)48(73)64-21-9-14-39(64)45(70)61-37(49(74)75)23-29-10-5-4-6-11-29)62-43(68)35(22-30-15-17-32(65)18-16-30)59-44(69)38-13-8-20-63(38)47(72)34(12-7-19-56-50(53)54)58-42(67)33(51)25-40(52)66/h4-6,10-11,15-18,26-28,33-39,41,65H,3,7-9,12-14,19-25,51H2,1-2H3,(H2,52,66)(H,55,57)(H,58,67)(H,59,69)(H,60,71)(H,61,70)(H,62,68)(H,74,75)(H4,53,54,56)/t28-,33-,34-,35-,36-,37-,38-,39-,41-/m0/s1. The molecule has 75 heavy (non-hydrogen) atoms. The molecule has 406 valence electrons. The third-order valence-electron chi connectivity index (χ3n) is 13.3. The molecule has 0 aliphatic carbocycles. The number of carbonyl (C=O) groups excluding carboxylic acids is 8. The number of rotatable bonds is 27. The van der Waals surface area contributed by atoms with Crippen molar-refractivity contribution in [3.05, 3.63) is 83.9 Å². The molecule has 0 spiro atoms. The van der Waals surface area contributed by atoms with Gasteiger partial charge < -0.3 is 74.5 Å². The third-order valence-corrected chi connectivity index (χ3v) is 13.3. The van der Waals surface area contributed by atoms with Gasteiger partial charge in [0.2, 0.25) is 47.3 Å². The Kier molecular flexibility index (Phi) is 21.4. The summed E-state index contributed by atoms with van der Waals surface area (Å²) in [7, 11) is 0. The number of nitrogens with two attached hydrogens (primary N) is 4. The van der Waals surface area contributed by atoms with Gasteiger partial charge >= 0.3 is 5.97 Å². The number of aromatic hydroxyl groups is 1. The van der Waals surface area contributed by atoms with Crippen molar-refractivity contribution >= 4 is 59.2 Å². The quantitative estimate of drug-likeness (QED) is 0.0222. The normalized spacial score (nSPS) is 18.0. The lowest BCUT2D eigenvalue weighted by atomic mass is 9.96. The molecule has 0 saturated carbocycles. The minimum absolute atomic E-state index is 0.00465. The number of likely N-dealkylation sites (tertiary alicyclic amines) is 2. The van der Waals surface area contributed by atoms with Gasteiger partial charge in [-0.2, -0.15) is 0 Å². The number of primary amides is 1. The first-order valence-electron chi connectivity index (χ1n) is 25.0. The lowest BCUT2D eigenvalue weighted by Gasteiger charge is -2.32. The number of guanidine groups is 1. The summed E-state index contributed by atoms with van der Waals surface area (Å²) in [6.07, 6.45) is 3.97. The average Bonchev–Trinajstić information content (AvgIpc) is 4.20. The minimum Gasteiger partial charge on any atom is -0.508 e. The van der Waals surface area contributed by atoms with E-state index in [0.29, 0.717) is 36.1 Å². The van der Waals surface area contributed by atoms with Crippen molar-refractivity contribution in [3.63, 3.8) is 0 Å². The zero-order valence-corrected chi connectivity index (χ0v) is 42.1. The van der Waals surface area contributed by atoms with Gasteiger partial charge in [0.25, 0.3) is 0 Å². The topological polar surface area (TPSA) is 406 Å². The summed E-state index contributed by atoms with van der Waals surface area (Å²) >= 11 is 0. The second-order valence-corrected chi connectivity index (χ2v) is 18.9. The molecular weight excluding hydrogens is 973 g/mol. The number of hydrogen-bond donors (Lipinski definition) is 12. The number of nitrogens with zero attached hydrogens (tertiary/aromatic N) is 4. The highest BCUT2D eigenvalue weighted by Gasteiger charge is 2.42. The third kappa shape index (κ3) is 17.0. The van der Waals surface area contributed by atoms with Gasteiger partial charge in [-0.3, -0.25) is 43.3 Å². The van der Waals surface area contributed by atoms with E-state index < -0.39 is 114 Å². The van der Waals surface area contributed by atoms with Crippen LogP contribution >= 0.6 is 0 Å². The number of carbonyl (C=O) groups is 9. The highest BCUT2D eigenvalue weighted by Crippen LogP contribution is 2.23. The number of benzene rings is 2. The molecule has 2 fully saturated rings. The lowest BCUT2D eigenvalue weighted by molar-refractivity contribution is -0.145. The second kappa shape index (κ2) is 27.8. The summed E-state index contributed by atoms with van der Waals surface area (Å²) in [4.78, 5) is 136. The van der Waals surface area contributed by atoms with Gasteiger partial charge in [-0.1, -0.05) is 62.7 Å². The molecule has 2 aromatic carbocycles. The number of carboxylic acids is 1. The number of aromatic amines is 1. The van der Waals surface area contributed by atoms with E-state index in [1.54, 1.807) is 56.3 Å². The van der Waals surface area contributed by atoms with Crippen LogP contribution in [0.3, 0.4) is 0 Å². The van der Waals surface area contributed by atoms with E-state index in [1.165, 1.54) is 34.5 Å². The van der Waals surface area contributed by atoms with Crippen LogP contribution in [-0.2, 0) is 62.4 Å². The molecule has 16 N–H and O–H groups in total. The average molecular weight is 1040 g/mol. The Bertz CT molecular complexity index is 2490. The van der Waals surface area contributed by atoms with Gasteiger partial charge in [0.05, 0.1) is 18.8 Å². The summed E-state index contributed by atoms with van der Waals surface area (Å²) in [5.74, 6) is -7.91. The molecule has 2 aliphatic rings. The number of aliphatic carboxylic acids is 1. The predicted octanol–water partition coefficient (Wildman–Crippen LogP) is -2.06. The first-order valence-corrected chi connectivity index (χ1v) is 25.0. The number of amides is 8. The van der Waals surface area contributed by atoms with Gasteiger partial charge in [0.1, 0.15) is 48.0 Å². The zero-order valence-electron chi connectivity index (χ0n) is 42.1. The van der Waals surface area contributed by atoms with E-state index in [1.807, 2.05) is 0 Å². The molecule has 3 heterocycles. The van der Waals surface area contributed by atoms with Crippen LogP contribution < -0.4 is 49.5 Å². The van der Waals surface area contributed by atoms with E-state index in [-0.39, 0.29) is 76.3 Å². The number of aromatic nitrogens is 2. The molecular formula is C50H70N14O11. The molecule has 0 bridgehead atoms. The van der Waals surface area contributed by atoms with Crippen molar-refractivity contribution in [2.75, 3.05) is 19.6 Å². The molecule has 25 heteroatoms. The Hall–Kier alpha value is -8.09. The largest absolute Gasteiger partial charge is 0.508 e. The number of nitrogens with one attached hydrogen (secondary N) is 6. The molecule has 8 amide bonds. The van der Waals surface area contributed by atoms with E-state index in [4.69, 9.17) is 22.9 Å². The maximum Gasteiger partial charge on any atom is 0.326 e. The maximum atomic E-state index is 14.6. The highest BCUT2D eigenvalue weighted by atomic mass is 16.4. The van der Waals surface area contributed by atoms with Crippen molar-refractivity contribution in [2.45, 2.75) is 133 Å². The Morgan fingerprint density at radius 3 is 1.87 bits per heavy atom. The molecule has 0 radical (unpaired) electrons. The van der Waals surface area contributed by atoms with E-state index >= 15 is 0 Å². The zero-order chi connectivity index (χ0) is 54.8. The fourth-order valence-corrected chi connectivity index (χ4v) is 9.05. The first-order chi connectivity index (χ1) is 35.8. The monoisotopic (exact) mass is 1040 g/mol. The van der Waals surface area contributed by atoms with Crippen molar-refractivity contribution in [2.24, 2.45) is 33.8 Å². The van der Waals surface area contributed by atoms with Crippen molar-refractivity contribution in [1.82, 2.24) is 46.4 Å². The smallest absolute Gasteiger partial charge is 0.326 e. The minimum atomic E-state index is -1.37. The number of hydrogen-bond acceptors (Lipinski definition) is 13. The number of imidazole rings is 1. The Morgan fingerprint density at radius 2 is 1.31 bits per heavy atom. The van der Waals surface area contributed by atoms with Crippen LogP contribution in [0, 0.1) is 5.92 Å². The maximum absolute atomic E-state index is 14.6. The molecule has 5 rings (SSSR count). The van der Waals surface area contributed by atoms with Crippen LogP contribution in [-0.4, -0.2) is 157 Å². The fraction of sp³-hybridized carbons (Fsp3) is 0.500. The SMILES string of the molecule is CC[C@H](C)[C@H](NC(=O)[C@H](Cc1ccc(O)cc1)NC(=O)[C@@H]1CCCN1C(=O)[C@H](CCCN=C(N)N)NC(=O)[C@@H](N)CC(N)=O)C(=O)N[C@@H](Cc1cnc[nH]1)C(=O)N1CCC[C@H]1C(=O)N[C@@H](Cc1ccccc1)C(=O)O. The van der Waals surface area contributed by atoms with Crippen LogP contribution in [0.25, 0.3) is 0 Å². The van der Waals surface area contributed by atoms with Crippen LogP contribution in [0.2, 0.25) is 0 Å². The van der Waals surface area contributed by atoms with Crippen LogP contribution in [0.15, 0.2) is 72.1 Å². The molecule has 9 atom stereocenters. The van der Waals surface area contributed by atoms with Gasteiger partial charge in [0, 0.05) is 50.8 Å². The van der Waals surface area contributed by atoms with Crippen LogP contribution in [0.1, 0.15) is 82.0 Å². The molecule has 25 nitrogen and oxygen atoms in total. The van der Waals surface area contributed by atoms with Gasteiger partial charge in [0.15, 0.2) is 5.96 Å². The summed E-state index contributed by atoms with van der Waals surface area (Å²) in [6.45, 7) is 3.86. The molecule has 3 aromatic rings. The fourth-order valence-electron chi connectivity index (χ4n) is 9.05. The first kappa shape index (κ1) is 57.8. The van der Waals surface area contributed by atoms with Crippen molar-refractivity contribution < 1.29 is 53.4 Å². The summed E-state index contributed by atoms with van der Waals surface area (Å²) < 4.78 is 0. The molecule has 1 aromatic heterocycles. The molecule has 0 unspecified atom stereocenters. The number of phenolic OH excluding ortho intramolecular Hbond substituents is 1. The number of carboxylic acid groups (broad SMARTS) is 1. The van der Waals surface area contributed by atoms with E-state index in [9.17, 15) is 53.4 Å². The van der Waals surface area contributed by atoms with E-state index in [0.717, 1.165) is 0 Å². The Morgan fingerprint density at radius 1 is 0.733 bits per heavy atom. The van der Waals surface area contributed by atoms with Crippen LogP contribution in [0.4, 0.5) is 0 Å². The summed E-state index contributed by atoms with van der Waals surface area (Å²) in [5.41, 5.74) is 23.7.